The first kappa shape index (κ1) is 18.4. The van der Waals surface area contributed by atoms with E-state index in [2.05, 4.69) is 14.9 Å². The van der Waals surface area contributed by atoms with E-state index in [-0.39, 0.29) is 12.1 Å². The predicted octanol–water partition coefficient (Wildman–Crippen LogP) is 3.40. The monoisotopic (exact) mass is 355 g/mol. The molecule has 1 aromatic rings. The molecule has 6 nitrogen and oxygen atoms in total. The predicted molar refractivity (Wildman–Crippen MR) is 99.1 cm³/mol. The minimum Gasteiger partial charge on any atom is -0.465 e. The molecule has 26 heavy (non-hydrogen) atoms. The summed E-state index contributed by atoms with van der Waals surface area (Å²) < 4.78 is 5.02. The summed E-state index contributed by atoms with van der Waals surface area (Å²) in [6, 6.07) is 7.51. The molecule has 3 rings (SSSR count). The van der Waals surface area contributed by atoms with Crippen LogP contribution >= 0.6 is 0 Å². The van der Waals surface area contributed by atoms with E-state index < -0.39 is 0 Å². The molecule has 138 valence electrons. The van der Waals surface area contributed by atoms with E-state index in [1.54, 1.807) is 0 Å². The quantitative estimate of drug-likeness (QED) is 0.580. The number of oxime groups is 1. The number of carbonyl (C=O) groups is 1. The molecular weight excluding hydrogens is 330 g/mol. The molecule has 1 fully saturated rings. The van der Waals surface area contributed by atoms with Crippen LogP contribution in [0, 0.1) is 12.5 Å². The van der Waals surface area contributed by atoms with Crippen LogP contribution in [-0.4, -0.2) is 48.9 Å². The Hall–Kier alpha value is -2.39. The van der Waals surface area contributed by atoms with Crippen molar-refractivity contribution in [3.8, 4) is 0 Å². The fourth-order valence-corrected chi connectivity index (χ4v) is 3.59. The highest BCUT2D eigenvalue weighted by Gasteiger charge is 2.28. The van der Waals surface area contributed by atoms with Gasteiger partial charge in [-0.2, -0.15) is 0 Å². The SMILES string of the molecule is [C-]#[N+]c1ccc(C2=NOC(CC3CCN(CC(=O)OCC)CC3)C2)cc1. The summed E-state index contributed by atoms with van der Waals surface area (Å²) in [5.41, 5.74) is 2.63. The standard InChI is InChI=1S/C20H25N3O3/c1-3-25-20(24)14-23-10-8-15(9-11-23)12-18-13-19(22-26-18)16-4-6-17(21-2)7-5-16/h4-7,15,18H,3,8-14H2,1H3. The van der Waals surface area contributed by atoms with Crippen molar-refractivity contribution < 1.29 is 14.4 Å². The molecule has 0 spiro atoms. The number of rotatable bonds is 6. The van der Waals surface area contributed by atoms with Crippen LogP contribution in [0.4, 0.5) is 5.69 Å². The Labute approximate surface area is 154 Å². The molecule has 0 bridgehead atoms. The lowest BCUT2D eigenvalue weighted by molar-refractivity contribution is -0.144. The minimum atomic E-state index is -0.132. The van der Waals surface area contributed by atoms with Crippen LogP contribution in [0.3, 0.4) is 0 Å². The fourth-order valence-electron chi connectivity index (χ4n) is 3.59. The highest BCUT2D eigenvalue weighted by atomic mass is 16.6. The van der Waals surface area contributed by atoms with Crippen molar-refractivity contribution in [1.29, 1.82) is 0 Å². The van der Waals surface area contributed by atoms with Gasteiger partial charge in [-0.3, -0.25) is 9.69 Å². The number of likely N-dealkylation sites (tertiary alicyclic amines) is 1. The summed E-state index contributed by atoms with van der Waals surface area (Å²) in [4.78, 5) is 22.8. The van der Waals surface area contributed by atoms with Crippen molar-refractivity contribution in [1.82, 2.24) is 4.90 Å². The van der Waals surface area contributed by atoms with E-state index >= 15 is 0 Å². The van der Waals surface area contributed by atoms with Crippen LogP contribution in [0.15, 0.2) is 29.4 Å². The maximum atomic E-state index is 11.6. The molecule has 2 aliphatic rings. The number of esters is 1. The molecular formula is C20H25N3O3. The number of nitrogens with zero attached hydrogens (tertiary/aromatic N) is 3. The molecule has 2 heterocycles. The van der Waals surface area contributed by atoms with Crippen LogP contribution in [0.2, 0.25) is 0 Å². The molecule has 0 aromatic heterocycles. The van der Waals surface area contributed by atoms with E-state index in [0.29, 0.717) is 24.8 Å². The topological polar surface area (TPSA) is 55.5 Å². The van der Waals surface area contributed by atoms with Crippen LogP contribution < -0.4 is 0 Å². The van der Waals surface area contributed by atoms with Gasteiger partial charge in [0, 0.05) is 6.42 Å². The number of benzene rings is 1. The lowest BCUT2D eigenvalue weighted by Crippen LogP contribution is -2.38. The Morgan fingerprint density at radius 2 is 2.08 bits per heavy atom. The van der Waals surface area contributed by atoms with Crippen molar-refractivity contribution in [3.63, 3.8) is 0 Å². The Morgan fingerprint density at radius 3 is 2.73 bits per heavy atom. The maximum Gasteiger partial charge on any atom is 0.320 e. The number of hydrogen-bond acceptors (Lipinski definition) is 5. The van der Waals surface area contributed by atoms with Gasteiger partial charge in [0.15, 0.2) is 5.69 Å². The lowest BCUT2D eigenvalue weighted by atomic mass is 9.89. The van der Waals surface area contributed by atoms with Crippen LogP contribution in [0.5, 0.6) is 0 Å². The molecule has 0 aliphatic carbocycles. The zero-order chi connectivity index (χ0) is 18.4. The van der Waals surface area contributed by atoms with Gasteiger partial charge in [-0.25, -0.2) is 4.85 Å². The molecule has 1 atom stereocenters. The van der Waals surface area contributed by atoms with E-state index in [1.165, 1.54) is 0 Å². The van der Waals surface area contributed by atoms with Gasteiger partial charge in [-0.15, -0.1) is 0 Å². The Kier molecular flexibility index (Phi) is 6.24. The molecule has 0 amide bonds. The molecule has 2 aliphatic heterocycles. The van der Waals surface area contributed by atoms with Gasteiger partial charge in [-0.05, 0) is 50.8 Å². The van der Waals surface area contributed by atoms with Crippen LogP contribution in [0.25, 0.3) is 4.85 Å². The summed E-state index contributed by atoms with van der Waals surface area (Å²) >= 11 is 0. The normalized spacial score (nSPS) is 20.9. The Morgan fingerprint density at radius 1 is 1.35 bits per heavy atom. The smallest absolute Gasteiger partial charge is 0.320 e. The Bertz CT molecular complexity index is 685. The van der Waals surface area contributed by atoms with E-state index in [1.807, 2.05) is 31.2 Å². The van der Waals surface area contributed by atoms with Crippen molar-refractivity contribution in [2.75, 3.05) is 26.2 Å². The highest BCUT2D eigenvalue weighted by molar-refractivity contribution is 6.01. The number of carbonyl (C=O) groups excluding carboxylic acids is 1. The first-order valence-electron chi connectivity index (χ1n) is 9.26. The molecule has 1 unspecified atom stereocenters. The molecule has 1 saturated heterocycles. The maximum absolute atomic E-state index is 11.6. The van der Waals surface area contributed by atoms with Gasteiger partial charge < -0.3 is 9.57 Å². The third kappa shape index (κ3) is 4.83. The van der Waals surface area contributed by atoms with Gasteiger partial charge in [0.2, 0.25) is 0 Å². The first-order chi connectivity index (χ1) is 12.7. The third-order valence-electron chi connectivity index (χ3n) is 5.02. The van der Waals surface area contributed by atoms with E-state index in [4.69, 9.17) is 16.1 Å². The van der Waals surface area contributed by atoms with Gasteiger partial charge in [0.05, 0.1) is 25.4 Å². The summed E-state index contributed by atoms with van der Waals surface area (Å²) in [5.74, 6) is 0.477. The van der Waals surface area contributed by atoms with Gasteiger partial charge in [0.1, 0.15) is 6.10 Å². The minimum absolute atomic E-state index is 0.132. The molecule has 0 radical (unpaired) electrons. The van der Waals surface area contributed by atoms with Crippen molar-refractivity contribution in [2.24, 2.45) is 11.1 Å². The summed E-state index contributed by atoms with van der Waals surface area (Å²) in [7, 11) is 0. The summed E-state index contributed by atoms with van der Waals surface area (Å²) in [6.07, 6.45) is 4.11. The fraction of sp³-hybridized carbons (Fsp3) is 0.550. The van der Waals surface area contributed by atoms with Gasteiger partial charge >= 0.3 is 5.97 Å². The average Bonchev–Trinajstić information content (AvgIpc) is 3.12. The van der Waals surface area contributed by atoms with Crippen LogP contribution in [-0.2, 0) is 14.4 Å². The van der Waals surface area contributed by atoms with Crippen LogP contribution in [0.1, 0.15) is 38.2 Å². The molecule has 6 heteroatoms. The van der Waals surface area contributed by atoms with Gasteiger partial charge in [-0.1, -0.05) is 29.4 Å². The number of ether oxygens (including phenoxy) is 1. The second-order valence-corrected chi connectivity index (χ2v) is 6.89. The van der Waals surface area contributed by atoms with Crippen molar-refractivity contribution >= 4 is 17.4 Å². The summed E-state index contributed by atoms with van der Waals surface area (Å²) in [5, 5.41) is 4.25. The zero-order valence-corrected chi connectivity index (χ0v) is 15.2. The lowest BCUT2D eigenvalue weighted by Gasteiger charge is -2.31. The summed E-state index contributed by atoms with van der Waals surface area (Å²) in [6.45, 7) is 11.6. The molecule has 0 saturated carbocycles. The van der Waals surface area contributed by atoms with Crippen molar-refractivity contribution in [3.05, 3.63) is 41.2 Å². The molecule has 0 N–H and O–H groups in total. The Balaban J connectivity index is 1.41. The largest absolute Gasteiger partial charge is 0.465 e. The van der Waals surface area contributed by atoms with Crippen molar-refractivity contribution in [2.45, 2.75) is 38.7 Å². The van der Waals surface area contributed by atoms with E-state index in [9.17, 15) is 4.79 Å². The van der Waals surface area contributed by atoms with Gasteiger partial charge in [0.25, 0.3) is 0 Å². The number of piperidine rings is 1. The zero-order valence-electron chi connectivity index (χ0n) is 15.2. The third-order valence-corrected chi connectivity index (χ3v) is 5.02. The number of hydrogen-bond donors (Lipinski definition) is 0. The second kappa shape index (κ2) is 8.81. The average molecular weight is 355 g/mol. The second-order valence-electron chi connectivity index (χ2n) is 6.89. The highest BCUT2D eigenvalue weighted by Crippen LogP contribution is 2.28. The first-order valence-corrected chi connectivity index (χ1v) is 9.26. The molecule has 1 aromatic carbocycles. The van der Waals surface area contributed by atoms with E-state index in [0.717, 1.165) is 50.0 Å².